The summed E-state index contributed by atoms with van der Waals surface area (Å²) >= 11 is 6.21. The Hall–Kier alpha value is -2.55. The maximum absolute atomic E-state index is 13.1. The first-order chi connectivity index (χ1) is 15.6. The van der Waals surface area contributed by atoms with E-state index in [9.17, 15) is 18.3 Å². The molecule has 1 aliphatic heterocycles. The third kappa shape index (κ3) is 5.03. The van der Waals surface area contributed by atoms with E-state index in [2.05, 4.69) is 4.57 Å². The normalized spacial score (nSPS) is 15.9. The van der Waals surface area contributed by atoms with Crippen LogP contribution in [-0.2, 0) is 21.2 Å². The Morgan fingerprint density at radius 2 is 1.82 bits per heavy atom. The number of rotatable bonds is 7. The van der Waals surface area contributed by atoms with Crippen LogP contribution in [-0.4, -0.2) is 47.6 Å². The summed E-state index contributed by atoms with van der Waals surface area (Å²) in [6, 6.07) is 12.0. The molecule has 3 aromatic rings. The Bertz CT molecular complexity index is 1260. The highest BCUT2D eigenvalue weighted by Gasteiger charge is 2.31. The first kappa shape index (κ1) is 23.6. The number of carbonyl (C=O) groups is 1. The lowest BCUT2D eigenvalue weighted by molar-refractivity contribution is -0.136. The van der Waals surface area contributed by atoms with Crippen LogP contribution < -0.4 is 4.74 Å². The van der Waals surface area contributed by atoms with Gasteiger partial charge in [0.1, 0.15) is 5.75 Å². The van der Waals surface area contributed by atoms with E-state index in [-0.39, 0.29) is 23.5 Å². The number of ether oxygens (including phenoxy) is 1. The van der Waals surface area contributed by atoms with Crippen LogP contribution in [0.5, 0.6) is 5.75 Å². The number of nitrogens with zero attached hydrogens (tertiary/aromatic N) is 2. The number of carboxylic acid groups (broad SMARTS) is 1. The predicted molar refractivity (Wildman–Crippen MR) is 128 cm³/mol. The molecule has 7 nitrogen and oxygen atoms in total. The molecule has 0 atom stereocenters. The summed E-state index contributed by atoms with van der Waals surface area (Å²) in [5.74, 6) is -0.257. The second-order valence-electron chi connectivity index (χ2n) is 8.57. The van der Waals surface area contributed by atoms with Crippen molar-refractivity contribution in [1.29, 1.82) is 0 Å². The number of fused-ring (bicyclic) bond motifs is 1. The number of aromatic nitrogens is 1. The summed E-state index contributed by atoms with van der Waals surface area (Å²) in [6.07, 6.45) is 3.06. The Kier molecular flexibility index (Phi) is 6.70. The van der Waals surface area contributed by atoms with Crippen molar-refractivity contribution >= 4 is 38.5 Å². The van der Waals surface area contributed by atoms with Crippen molar-refractivity contribution in [3.63, 3.8) is 0 Å². The summed E-state index contributed by atoms with van der Waals surface area (Å²) < 4.78 is 35.5. The lowest BCUT2D eigenvalue weighted by Crippen LogP contribution is -2.38. The summed E-state index contributed by atoms with van der Waals surface area (Å²) in [4.78, 5) is 11.6. The van der Waals surface area contributed by atoms with Crippen molar-refractivity contribution in [2.75, 3.05) is 13.1 Å². The summed E-state index contributed by atoms with van der Waals surface area (Å²) in [5.41, 5.74) is 1.61. The molecule has 1 fully saturated rings. The Morgan fingerprint density at radius 3 is 2.42 bits per heavy atom. The number of benzene rings is 2. The molecule has 1 aliphatic rings. The zero-order valence-electron chi connectivity index (χ0n) is 18.6. The molecule has 1 N–H and O–H groups in total. The summed E-state index contributed by atoms with van der Waals surface area (Å²) in [5, 5.41) is 10.7. The molecule has 0 bridgehead atoms. The van der Waals surface area contributed by atoms with Gasteiger partial charge in [0.25, 0.3) is 0 Å². The monoisotopic (exact) mass is 490 g/mol. The molecular formula is C24H27ClN2O5S. The van der Waals surface area contributed by atoms with Crippen molar-refractivity contribution in [2.45, 2.75) is 50.2 Å². The van der Waals surface area contributed by atoms with Crippen LogP contribution in [0, 0.1) is 0 Å². The van der Waals surface area contributed by atoms with Gasteiger partial charge in [0.2, 0.25) is 10.0 Å². The number of hydrogen-bond donors (Lipinski definition) is 1. The molecule has 176 valence electrons. The van der Waals surface area contributed by atoms with Crippen LogP contribution in [0.15, 0.2) is 53.6 Å². The first-order valence-electron chi connectivity index (χ1n) is 10.9. The number of halogens is 1. The molecule has 0 amide bonds. The summed E-state index contributed by atoms with van der Waals surface area (Å²) in [6.45, 7) is 4.60. The van der Waals surface area contributed by atoms with Gasteiger partial charge in [-0.1, -0.05) is 17.7 Å². The zero-order chi connectivity index (χ0) is 23.8. The van der Waals surface area contributed by atoms with Crippen LogP contribution >= 0.6 is 11.6 Å². The molecule has 0 aliphatic carbocycles. The Balaban J connectivity index is 1.52. The topological polar surface area (TPSA) is 88.8 Å². The minimum absolute atomic E-state index is 0.0159. The molecule has 9 heteroatoms. The van der Waals surface area contributed by atoms with Gasteiger partial charge in [0.15, 0.2) is 0 Å². The predicted octanol–water partition coefficient (Wildman–Crippen LogP) is 4.73. The fourth-order valence-corrected chi connectivity index (χ4v) is 6.01. The largest absolute Gasteiger partial charge is 0.491 e. The van der Waals surface area contributed by atoms with Crippen molar-refractivity contribution < 1.29 is 23.1 Å². The molecule has 1 aromatic heterocycles. The zero-order valence-corrected chi connectivity index (χ0v) is 20.1. The molecule has 1 saturated heterocycles. The highest BCUT2D eigenvalue weighted by Crippen LogP contribution is 2.33. The SMILES string of the molecule is CC(C)Oc1ccc(S(=O)(=O)N2CCC(n3cc(CC(=O)O)c4ccc(Cl)cc43)CC2)cc1. The fraction of sp³-hybridized carbons (Fsp3) is 0.375. The lowest BCUT2D eigenvalue weighted by atomic mass is 10.1. The smallest absolute Gasteiger partial charge is 0.307 e. The Morgan fingerprint density at radius 1 is 1.15 bits per heavy atom. The summed E-state index contributed by atoms with van der Waals surface area (Å²) in [7, 11) is -3.60. The third-order valence-electron chi connectivity index (χ3n) is 5.87. The van der Waals surface area contributed by atoms with E-state index < -0.39 is 16.0 Å². The number of piperidine rings is 1. The number of aliphatic carboxylic acids is 1. The van der Waals surface area contributed by atoms with E-state index in [4.69, 9.17) is 16.3 Å². The molecule has 0 radical (unpaired) electrons. The fourth-order valence-electron chi connectivity index (χ4n) is 4.37. The van der Waals surface area contributed by atoms with Gasteiger partial charge in [0.05, 0.1) is 22.9 Å². The first-order valence-corrected chi connectivity index (χ1v) is 12.7. The van der Waals surface area contributed by atoms with Gasteiger partial charge in [-0.25, -0.2) is 8.42 Å². The van der Waals surface area contributed by atoms with Crippen molar-refractivity contribution in [1.82, 2.24) is 8.87 Å². The highest BCUT2D eigenvalue weighted by atomic mass is 35.5. The van der Waals surface area contributed by atoms with Gasteiger partial charge in [0, 0.05) is 35.7 Å². The van der Waals surface area contributed by atoms with E-state index in [0.717, 1.165) is 16.5 Å². The van der Waals surface area contributed by atoms with Gasteiger partial charge in [-0.05, 0) is 68.7 Å². The van der Waals surface area contributed by atoms with Crippen molar-refractivity contribution in [3.05, 3.63) is 59.2 Å². The average molecular weight is 491 g/mol. The minimum Gasteiger partial charge on any atom is -0.491 e. The molecule has 0 spiro atoms. The molecule has 4 rings (SSSR count). The van der Waals surface area contributed by atoms with E-state index >= 15 is 0 Å². The molecule has 2 heterocycles. The Labute approximate surface area is 198 Å². The molecule has 0 unspecified atom stereocenters. The van der Waals surface area contributed by atoms with Crippen molar-refractivity contribution in [3.8, 4) is 5.75 Å². The average Bonchev–Trinajstić information content (AvgIpc) is 3.10. The molecule has 33 heavy (non-hydrogen) atoms. The van der Waals surface area contributed by atoms with Gasteiger partial charge in [-0.3, -0.25) is 4.79 Å². The quantitative estimate of drug-likeness (QED) is 0.517. The van der Waals surface area contributed by atoms with E-state index in [1.165, 1.54) is 4.31 Å². The second-order valence-corrected chi connectivity index (χ2v) is 10.9. The van der Waals surface area contributed by atoms with Crippen molar-refractivity contribution in [2.24, 2.45) is 0 Å². The van der Waals surface area contributed by atoms with Crippen LogP contribution in [0.1, 0.15) is 38.3 Å². The van der Waals surface area contributed by atoms with Crippen LogP contribution in [0.25, 0.3) is 10.9 Å². The number of carboxylic acids is 1. The van der Waals surface area contributed by atoms with Gasteiger partial charge >= 0.3 is 5.97 Å². The minimum atomic E-state index is -3.60. The third-order valence-corrected chi connectivity index (χ3v) is 8.02. The molecular weight excluding hydrogens is 464 g/mol. The van der Waals surface area contributed by atoms with Crippen LogP contribution in [0.4, 0.5) is 0 Å². The maximum Gasteiger partial charge on any atom is 0.307 e. The van der Waals surface area contributed by atoms with Gasteiger partial charge in [-0.15, -0.1) is 0 Å². The van der Waals surface area contributed by atoms with Gasteiger partial charge in [-0.2, -0.15) is 4.31 Å². The lowest BCUT2D eigenvalue weighted by Gasteiger charge is -2.32. The van der Waals surface area contributed by atoms with Crippen LogP contribution in [0.2, 0.25) is 5.02 Å². The molecule has 2 aromatic carbocycles. The number of sulfonamides is 1. The maximum atomic E-state index is 13.1. The van der Waals surface area contributed by atoms with Gasteiger partial charge < -0.3 is 14.4 Å². The molecule has 0 saturated carbocycles. The second kappa shape index (κ2) is 9.37. The highest BCUT2D eigenvalue weighted by molar-refractivity contribution is 7.89. The van der Waals surface area contributed by atoms with E-state index in [1.54, 1.807) is 30.3 Å². The standard InChI is InChI=1S/C24H27ClN2O5S/c1-16(2)32-20-4-6-21(7-5-20)33(30,31)26-11-9-19(10-12-26)27-15-17(13-24(28)29)22-8-3-18(25)14-23(22)27/h3-8,14-16,19H,9-13H2,1-2H3,(H,28,29). The number of hydrogen-bond acceptors (Lipinski definition) is 4. The van der Waals surface area contributed by atoms with E-state index in [0.29, 0.717) is 36.7 Å². The van der Waals surface area contributed by atoms with Crippen LogP contribution in [0.3, 0.4) is 0 Å². The van der Waals surface area contributed by atoms with E-state index in [1.807, 2.05) is 32.2 Å².